The summed E-state index contributed by atoms with van der Waals surface area (Å²) in [5.41, 5.74) is 0. The number of rotatable bonds is 12. The Hall–Kier alpha value is -0.120. The highest BCUT2D eigenvalue weighted by molar-refractivity contribution is 4.51. The van der Waals surface area contributed by atoms with Crippen LogP contribution in [0.1, 0.15) is 40.0 Å². The Kier molecular flexibility index (Phi) is 12.9. The molecule has 0 aliphatic heterocycles. The Balaban J connectivity index is 2.98. The minimum absolute atomic E-state index is 0.697. The maximum Gasteiger partial charge on any atom is 0.0591 e. The van der Waals surface area contributed by atoms with Gasteiger partial charge < -0.3 is 14.8 Å². The van der Waals surface area contributed by atoms with Crippen molar-refractivity contribution in [2.75, 3.05) is 39.5 Å². The van der Waals surface area contributed by atoms with E-state index in [1.54, 1.807) is 0 Å². The second kappa shape index (κ2) is 12.9. The van der Waals surface area contributed by atoms with Gasteiger partial charge in [0.2, 0.25) is 0 Å². The quantitative estimate of drug-likeness (QED) is 0.523. The van der Waals surface area contributed by atoms with Gasteiger partial charge in [0.1, 0.15) is 0 Å². The average molecular weight is 231 g/mol. The SMILES string of the molecule is CCCC(C)COCCNCCCOCC. The Labute approximate surface area is 101 Å². The molecule has 16 heavy (non-hydrogen) atoms. The summed E-state index contributed by atoms with van der Waals surface area (Å²) in [6, 6.07) is 0. The Bertz CT molecular complexity index is 131. The van der Waals surface area contributed by atoms with E-state index in [-0.39, 0.29) is 0 Å². The van der Waals surface area contributed by atoms with E-state index in [1.165, 1.54) is 12.8 Å². The minimum atomic E-state index is 0.697. The van der Waals surface area contributed by atoms with E-state index in [2.05, 4.69) is 19.2 Å². The molecule has 3 nitrogen and oxygen atoms in total. The molecule has 0 aromatic rings. The first-order valence-corrected chi connectivity index (χ1v) is 6.67. The van der Waals surface area contributed by atoms with E-state index in [4.69, 9.17) is 9.47 Å². The van der Waals surface area contributed by atoms with Gasteiger partial charge >= 0.3 is 0 Å². The summed E-state index contributed by atoms with van der Waals surface area (Å²) in [6.45, 7) is 11.9. The number of hydrogen-bond donors (Lipinski definition) is 1. The van der Waals surface area contributed by atoms with Gasteiger partial charge in [0.05, 0.1) is 6.61 Å². The van der Waals surface area contributed by atoms with Gasteiger partial charge in [-0.15, -0.1) is 0 Å². The van der Waals surface area contributed by atoms with Crippen LogP contribution in [-0.2, 0) is 9.47 Å². The zero-order valence-electron chi connectivity index (χ0n) is 11.3. The lowest BCUT2D eigenvalue weighted by Crippen LogP contribution is -2.22. The van der Waals surface area contributed by atoms with Gasteiger partial charge in [0.25, 0.3) is 0 Å². The molecule has 1 N–H and O–H groups in total. The van der Waals surface area contributed by atoms with E-state index >= 15 is 0 Å². The molecule has 3 heteroatoms. The number of ether oxygens (including phenoxy) is 2. The fourth-order valence-corrected chi connectivity index (χ4v) is 1.57. The van der Waals surface area contributed by atoms with Gasteiger partial charge in [0, 0.05) is 26.4 Å². The first-order valence-electron chi connectivity index (χ1n) is 6.67. The molecule has 0 aliphatic rings. The topological polar surface area (TPSA) is 30.5 Å². The van der Waals surface area contributed by atoms with Crippen LogP contribution in [0, 0.1) is 5.92 Å². The molecule has 0 rings (SSSR count). The Morgan fingerprint density at radius 3 is 2.56 bits per heavy atom. The van der Waals surface area contributed by atoms with E-state index in [1.807, 2.05) is 6.92 Å². The van der Waals surface area contributed by atoms with Crippen molar-refractivity contribution in [2.24, 2.45) is 5.92 Å². The van der Waals surface area contributed by atoms with Crippen LogP contribution >= 0.6 is 0 Å². The highest BCUT2D eigenvalue weighted by Gasteiger charge is 1.99. The highest BCUT2D eigenvalue weighted by atomic mass is 16.5. The third-order valence-electron chi connectivity index (χ3n) is 2.45. The summed E-state index contributed by atoms with van der Waals surface area (Å²) >= 11 is 0. The molecule has 98 valence electrons. The van der Waals surface area contributed by atoms with Crippen molar-refractivity contribution in [3.63, 3.8) is 0 Å². The van der Waals surface area contributed by atoms with Crippen LogP contribution in [0.25, 0.3) is 0 Å². The molecule has 0 aromatic heterocycles. The summed E-state index contributed by atoms with van der Waals surface area (Å²) < 4.78 is 10.8. The van der Waals surface area contributed by atoms with Crippen molar-refractivity contribution in [3.8, 4) is 0 Å². The van der Waals surface area contributed by atoms with Gasteiger partial charge in [-0.25, -0.2) is 0 Å². The smallest absolute Gasteiger partial charge is 0.0591 e. The van der Waals surface area contributed by atoms with Crippen molar-refractivity contribution >= 4 is 0 Å². The summed E-state index contributed by atoms with van der Waals surface area (Å²) in [4.78, 5) is 0. The van der Waals surface area contributed by atoms with E-state index < -0.39 is 0 Å². The average Bonchev–Trinajstić information content (AvgIpc) is 2.27. The maximum atomic E-state index is 5.58. The highest BCUT2D eigenvalue weighted by Crippen LogP contribution is 2.04. The third kappa shape index (κ3) is 12.0. The maximum absolute atomic E-state index is 5.58. The Morgan fingerprint density at radius 1 is 1.06 bits per heavy atom. The summed E-state index contributed by atoms with van der Waals surface area (Å²) in [5.74, 6) is 0.697. The molecule has 0 aliphatic carbocycles. The summed E-state index contributed by atoms with van der Waals surface area (Å²) in [6.07, 6.45) is 3.60. The first kappa shape index (κ1) is 15.9. The second-order valence-corrected chi connectivity index (χ2v) is 4.27. The molecule has 0 spiro atoms. The standard InChI is InChI=1S/C13H29NO2/c1-4-7-13(3)12-16-11-9-14-8-6-10-15-5-2/h13-14H,4-12H2,1-3H3. The number of nitrogens with one attached hydrogen (secondary N) is 1. The summed E-state index contributed by atoms with van der Waals surface area (Å²) in [7, 11) is 0. The minimum Gasteiger partial charge on any atom is -0.382 e. The largest absolute Gasteiger partial charge is 0.382 e. The molecule has 0 saturated carbocycles. The zero-order valence-corrected chi connectivity index (χ0v) is 11.3. The van der Waals surface area contributed by atoms with Crippen LogP contribution in [0.3, 0.4) is 0 Å². The molecule has 0 saturated heterocycles. The van der Waals surface area contributed by atoms with Gasteiger partial charge in [-0.2, -0.15) is 0 Å². The van der Waals surface area contributed by atoms with Crippen LogP contribution in [0.4, 0.5) is 0 Å². The van der Waals surface area contributed by atoms with Gasteiger partial charge in [-0.1, -0.05) is 20.3 Å². The first-order chi connectivity index (χ1) is 7.81. The molecule has 1 unspecified atom stereocenters. The van der Waals surface area contributed by atoms with Crippen molar-refractivity contribution in [1.29, 1.82) is 0 Å². The lowest BCUT2D eigenvalue weighted by atomic mass is 10.1. The normalized spacial score (nSPS) is 12.9. The van der Waals surface area contributed by atoms with Gasteiger partial charge in [-0.05, 0) is 32.2 Å². The molecular formula is C13H29NO2. The monoisotopic (exact) mass is 231 g/mol. The van der Waals surface area contributed by atoms with Crippen LogP contribution < -0.4 is 5.32 Å². The molecule has 0 radical (unpaired) electrons. The van der Waals surface area contributed by atoms with Crippen molar-refractivity contribution < 1.29 is 9.47 Å². The fourth-order valence-electron chi connectivity index (χ4n) is 1.57. The van der Waals surface area contributed by atoms with Crippen molar-refractivity contribution in [1.82, 2.24) is 5.32 Å². The van der Waals surface area contributed by atoms with E-state index in [9.17, 15) is 0 Å². The zero-order chi connectivity index (χ0) is 12.1. The van der Waals surface area contributed by atoms with Gasteiger partial charge in [-0.3, -0.25) is 0 Å². The molecule has 0 aromatic carbocycles. The molecule has 0 heterocycles. The summed E-state index contributed by atoms with van der Waals surface area (Å²) in [5, 5.41) is 3.35. The van der Waals surface area contributed by atoms with Crippen LogP contribution in [0.15, 0.2) is 0 Å². The molecule has 0 amide bonds. The predicted octanol–water partition coefficient (Wildman–Crippen LogP) is 2.46. The second-order valence-electron chi connectivity index (χ2n) is 4.27. The van der Waals surface area contributed by atoms with Crippen LogP contribution in [0.2, 0.25) is 0 Å². The predicted molar refractivity (Wildman–Crippen MR) is 68.9 cm³/mol. The molecule has 0 bridgehead atoms. The molecule has 0 fully saturated rings. The lowest BCUT2D eigenvalue weighted by Gasteiger charge is -2.11. The third-order valence-corrected chi connectivity index (χ3v) is 2.45. The van der Waals surface area contributed by atoms with Crippen LogP contribution in [-0.4, -0.2) is 39.5 Å². The van der Waals surface area contributed by atoms with E-state index in [0.29, 0.717) is 5.92 Å². The van der Waals surface area contributed by atoms with Gasteiger partial charge in [0.15, 0.2) is 0 Å². The molecular weight excluding hydrogens is 202 g/mol. The van der Waals surface area contributed by atoms with Crippen molar-refractivity contribution in [3.05, 3.63) is 0 Å². The lowest BCUT2D eigenvalue weighted by molar-refractivity contribution is 0.102. The fraction of sp³-hybridized carbons (Fsp3) is 1.00. The Morgan fingerprint density at radius 2 is 1.88 bits per heavy atom. The molecule has 1 atom stereocenters. The van der Waals surface area contributed by atoms with Crippen molar-refractivity contribution in [2.45, 2.75) is 40.0 Å². The van der Waals surface area contributed by atoms with E-state index in [0.717, 1.165) is 45.9 Å². The number of hydrogen-bond acceptors (Lipinski definition) is 3. The van der Waals surface area contributed by atoms with Crippen LogP contribution in [0.5, 0.6) is 0 Å².